The van der Waals surface area contributed by atoms with Gasteiger partial charge >= 0.3 is 0 Å². The molecule has 2 aromatic rings. The van der Waals surface area contributed by atoms with E-state index in [2.05, 4.69) is 18.9 Å². The first-order chi connectivity index (χ1) is 11.3. The Bertz CT molecular complexity index is 748. The summed E-state index contributed by atoms with van der Waals surface area (Å²) in [4.78, 5) is 22.5. The first kappa shape index (κ1) is 17.7. The third kappa shape index (κ3) is 3.98. The van der Waals surface area contributed by atoms with Crippen LogP contribution in [0, 0.1) is 29.9 Å². The molecule has 128 valence electrons. The highest BCUT2D eigenvalue weighted by Gasteiger charge is 2.17. The van der Waals surface area contributed by atoms with Gasteiger partial charge in [0.1, 0.15) is 5.75 Å². The summed E-state index contributed by atoms with van der Waals surface area (Å²) in [7, 11) is 0. The largest absolute Gasteiger partial charge is 0.484 e. The second-order valence-corrected chi connectivity index (χ2v) is 6.09. The number of aryl methyl sites for hydroxylation is 1. The van der Waals surface area contributed by atoms with Gasteiger partial charge in [0, 0.05) is 17.8 Å². The van der Waals surface area contributed by atoms with Gasteiger partial charge in [-0.3, -0.25) is 14.9 Å². The fourth-order valence-electron chi connectivity index (χ4n) is 2.49. The quantitative estimate of drug-likeness (QED) is 0.598. The molecule has 0 N–H and O–H groups in total. The Morgan fingerprint density at radius 3 is 2.46 bits per heavy atom. The molecule has 0 fully saturated rings. The molecule has 24 heavy (non-hydrogen) atoms. The first-order valence-electron chi connectivity index (χ1n) is 7.75. The van der Waals surface area contributed by atoms with Crippen LogP contribution in [-0.2, 0) is 6.42 Å². The van der Waals surface area contributed by atoms with Crippen molar-refractivity contribution in [1.29, 1.82) is 0 Å². The van der Waals surface area contributed by atoms with E-state index in [0.717, 1.165) is 23.4 Å². The number of carbonyl (C=O) groups excluding carboxylic acids is 1. The summed E-state index contributed by atoms with van der Waals surface area (Å²) in [5, 5.41) is 14.9. The second-order valence-electron chi connectivity index (χ2n) is 6.09. The molecule has 1 aromatic heterocycles. The molecule has 0 amide bonds. The molecule has 0 atom stereocenters. The van der Waals surface area contributed by atoms with Crippen LogP contribution in [0.25, 0.3) is 0 Å². The number of carbonyl (C=O) groups is 1. The van der Waals surface area contributed by atoms with Crippen molar-refractivity contribution in [3.63, 3.8) is 0 Å². The number of non-ortho nitro benzene ring substituents is 1. The molecule has 0 saturated carbocycles. The highest BCUT2D eigenvalue weighted by atomic mass is 16.6. The standard InChI is InChI=1S/C17H21N3O4/c1-11(2)9-16-12(3)18-19(13(16)4)17(21)10-24-15-7-5-14(6-8-15)20(22)23/h5-8,11H,9-10H2,1-4H3. The van der Waals surface area contributed by atoms with Gasteiger partial charge in [0.05, 0.1) is 10.6 Å². The van der Waals surface area contributed by atoms with Crippen LogP contribution >= 0.6 is 0 Å². The van der Waals surface area contributed by atoms with Gasteiger partial charge in [0.25, 0.3) is 11.6 Å². The molecule has 0 aliphatic carbocycles. The summed E-state index contributed by atoms with van der Waals surface area (Å²) in [6.45, 7) is 7.83. The van der Waals surface area contributed by atoms with E-state index in [-0.39, 0.29) is 18.2 Å². The topological polar surface area (TPSA) is 87.3 Å². The van der Waals surface area contributed by atoms with Gasteiger partial charge in [-0.25, -0.2) is 4.68 Å². The van der Waals surface area contributed by atoms with Gasteiger partial charge in [-0.2, -0.15) is 5.10 Å². The van der Waals surface area contributed by atoms with E-state index in [4.69, 9.17) is 4.74 Å². The smallest absolute Gasteiger partial charge is 0.284 e. The average Bonchev–Trinajstić information content (AvgIpc) is 2.80. The maximum absolute atomic E-state index is 12.3. The fraction of sp³-hybridized carbons (Fsp3) is 0.412. The Labute approximate surface area is 140 Å². The Morgan fingerprint density at radius 2 is 1.92 bits per heavy atom. The summed E-state index contributed by atoms with van der Waals surface area (Å²) in [6, 6.07) is 5.61. The van der Waals surface area contributed by atoms with Crippen LogP contribution in [0.15, 0.2) is 24.3 Å². The average molecular weight is 331 g/mol. The van der Waals surface area contributed by atoms with Crippen LogP contribution in [0.5, 0.6) is 5.75 Å². The number of nitro benzene ring substituents is 1. The van der Waals surface area contributed by atoms with E-state index in [1.165, 1.54) is 28.9 Å². The van der Waals surface area contributed by atoms with Crippen molar-refractivity contribution < 1.29 is 14.5 Å². The lowest BCUT2D eigenvalue weighted by atomic mass is 10.0. The molecule has 0 unspecified atom stereocenters. The predicted octanol–water partition coefficient (Wildman–Crippen LogP) is 3.33. The molecular weight excluding hydrogens is 310 g/mol. The van der Waals surface area contributed by atoms with E-state index in [0.29, 0.717) is 11.7 Å². The van der Waals surface area contributed by atoms with Crippen molar-refractivity contribution in [3.8, 4) is 5.75 Å². The minimum atomic E-state index is -0.485. The third-order valence-corrected chi connectivity index (χ3v) is 3.70. The van der Waals surface area contributed by atoms with Crippen LogP contribution < -0.4 is 4.74 Å². The SMILES string of the molecule is Cc1nn(C(=O)COc2ccc([N+](=O)[O-])cc2)c(C)c1CC(C)C. The number of nitrogens with zero attached hydrogens (tertiary/aromatic N) is 3. The molecule has 0 radical (unpaired) electrons. The van der Waals surface area contributed by atoms with Gasteiger partial charge in [0.2, 0.25) is 0 Å². The Balaban J connectivity index is 2.06. The molecule has 0 bridgehead atoms. The van der Waals surface area contributed by atoms with Gasteiger partial charge in [-0.15, -0.1) is 0 Å². The number of benzene rings is 1. The van der Waals surface area contributed by atoms with Crippen LogP contribution in [0.3, 0.4) is 0 Å². The normalized spacial score (nSPS) is 10.9. The van der Waals surface area contributed by atoms with E-state index >= 15 is 0 Å². The summed E-state index contributed by atoms with van der Waals surface area (Å²) < 4.78 is 6.78. The van der Waals surface area contributed by atoms with E-state index < -0.39 is 4.92 Å². The summed E-state index contributed by atoms with van der Waals surface area (Å²) in [5.41, 5.74) is 2.75. The summed E-state index contributed by atoms with van der Waals surface area (Å²) >= 11 is 0. The third-order valence-electron chi connectivity index (χ3n) is 3.70. The zero-order chi connectivity index (χ0) is 17.9. The maximum Gasteiger partial charge on any atom is 0.284 e. The molecule has 0 saturated heterocycles. The molecule has 0 spiro atoms. The molecule has 7 nitrogen and oxygen atoms in total. The van der Waals surface area contributed by atoms with E-state index in [1.807, 2.05) is 13.8 Å². The lowest BCUT2D eigenvalue weighted by Gasteiger charge is -2.08. The molecule has 1 aromatic carbocycles. The van der Waals surface area contributed by atoms with Crippen LogP contribution in [0.1, 0.15) is 35.6 Å². The lowest BCUT2D eigenvalue weighted by Crippen LogP contribution is -2.21. The lowest BCUT2D eigenvalue weighted by molar-refractivity contribution is -0.384. The summed E-state index contributed by atoms with van der Waals surface area (Å²) in [6.07, 6.45) is 0.869. The first-order valence-corrected chi connectivity index (χ1v) is 7.75. The van der Waals surface area contributed by atoms with Gasteiger partial charge < -0.3 is 4.74 Å². The Kier molecular flexibility index (Phi) is 5.33. The fourth-order valence-corrected chi connectivity index (χ4v) is 2.49. The van der Waals surface area contributed by atoms with Gasteiger partial charge in [-0.1, -0.05) is 13.8 Å². The van der Waals surface area contributed by atoms with Crippen LogP contribution in [0.2, 0.25) is 0 Å². The molecule has 0 aliphatic heterocycles. The van der Waals surface area contributed by atoms with Crippen molar-refractivity contribution >= 4 is 11.6 Å². The van der Waals surface area contributed by atoms with Crippen molar-refractivity contribution in [1.82, 2.24) is 9.78 Å². The van der Waals surface area contributed by atoms with E-state index in [9.17, 15) is 14.9 Å². The molecule has 7 heteroatoms. The van der Waals surface area contributed by atoms with Crippen molar-refractivity contribution in [2.24, 2.45) is 5.92 Å². The number of nitro groups is 1. The number of rotatable bonds is 6. The summed E-state index contributed by atoms with van der Waals surface area (Å²) in [5.74, 6) is 0.605. The molecule has 1 heterocycles. The molecule has 0 aliphatic rings. The van der Waals surface area contributed by atoms with Crippen molar-refractivity contribution in [3.05, 3.63) is 51.3 Å². The van der Waals surface area contributed by atoms with Crippen molar-refractivity contribution in [2.75, 3.05) is 6.61 Å². The second kappa shape index (κ2) is 7.25. The highest BCUT2D eigenvalue weighted by molar-refractivity contribution is 5.80. The minimum Gasteiger partial charge on any atom is -0.484 e. The van der Waals surface area contributed by atoms with Crippen LogP contribution in [0.4, 0.5) is 5.69 Å². The highest BCUT2D eigenvalue weighted by Crippen LogP contribution is 2.19. The maximum atomic E-state index is 12.3. The van der Waals surface area contributed by atoms with Gasteiger partial charge in [0.15, 0.2) is 6.61 Å². The zero-order valence-electron chi connectivity index (χ0n) is 14.3. The Morgan fingerprint density at radius 1 is 1.29 bits per heavy atom. The van der Waals surface area contributed by atoms with Crippen LogP contribution in [-0.4, -0.2) is 27.2 Å². The predicted molar refractivity (Wildman–Crippen MR) is 89.5 cm³/mol. The number of hydrogen-bond donors (Lipinski definition) is 0. The molecular formula is C17H21N3O4. The minimum absolute atomic E-state index is 0.0226. The monoisotopic (exact) mass is 331 g/mol. The van der Waals surface area contributed by atoms with E-state index in [1.54, 1.807) is 0 Å². The Hall–Kier alpha value is -2.70. The zero-order valence-corrected chi connectivity index (χ0v) is 14.3. The number of ether oxygens (including phenoxy) is 1. The van der Waals surface area contributed by atoms with Gasteiger partial charge in [-0.05, 0) is 43.9 Å². The number of aromatic nitrogens is 2. The number of hydrogen-bond acceptors (Lipinski definition) is 5. The van der Waals surface area contributed by atoms with Crippen molar-refractivity contribution in [2.45, 2.75) is 34.1 Å². The molecule has 2 rings (SSSR count).